The molecule has 0 saturated heterocycles. The third kappa shape index (κ3) is 1.01. The average Bonchev–Trinajstić information content (AvgIpc) is 2.13. The second kappa shape index (κ2) is 2.05. The Balaban J connectivity index is 2.55. The summed E-state index contributed by atoms with van der Waals surface area (Å²) in [6, 6.07) is -0.440. The van der Waals surface area contributed by atoms with Gasteiger partial charge >= 0.3 is 5.97 Å². The van der Waals surface area contributed by atoms with Crippen molar-refractivity contribution in [3.05, 3.63) is 0 Å². The summed E-state index contributed by atoms with van der Waals surface area (Å²) in [6.45, 7) is 0. The fourth-order valence-electron chi connectivity index (χ4n) is 0.769. The van der Waals surface area contributed by atoms with E-state index >= 15 is 0 Å². The van der Waals surface area contributed by atoms with E-state index in [9.17, 15) is 4.79 Å². The number of aliphatic carboxylic acids is 1. The van der Waals surface area contributed by atoms with Crippen LogP contribution in [0.2, 0.25) is 0 Å². The topological polar surface area (TPSA) is 52.9 Å². The summed E-state index contributed by atoms with van der Waals surface area (Å²) in [5.41, 5.74) is 0. The lowest BCUT2D eigenvalue weighted by molar-refractivity contribution is -0.141. The Morgan fingerprint density at radius 3 is 2.89 bits per heavy atom. The first-order chi connectivity index (χ1) is 4.22. The molecule has 0 bridgehead atoms. The first-order valence-corrected chi connectivity index (χ1v) is 2.70. The van der Waals surface area contributed by atoms with Gasteiger partial charge in [0.15, 0.2) is 0 Å². The summed E-state index contributed by atoms with van der Waals surface area (Å²) >= 11 is 0. The molecule has 1 atom stereocenters. The fraction of sp³-hybridized carbons (Fsp3) is 0.600. The van der Waals surface area contributed by atoms with Crippen molar-refractivity contribution in [1.82, 2.24) is 5.01 Å². The van der Waals surface area contributed by atoms with Crippen molar-refractivity contribution in [2.75, 3.05) is 7.05 Å². The van der Waals surface area contributed by atoms with Gasteiger partial charge in [-0.15, -0.1) is 0 Å². The highest BCUT2D eigenvalue weighted by Crippen LogP contribution is 2.06. The van der Waals surface area contributed by atoms with E-state index < -0.39 is 12.0 Å². The Hall–Kier alpha value is -1.06. The number of hydrogen-bond acceptors (Lipinski definition) is 3. The number of carbonyl (C=O) groups is 1. The first kappa shape index (κ1) is 6.07. The second-order valence-electron chi connectivity index (χ2n) is 1.96. The van der Waals surface area contributed by atoms with Crippen LogP contribution in [-0.4, -0.2) is 35.4 Å². The van der Waals surface area contributed by atoms with E-state index in [0.29, 0.717) is 6.42 Å². The lowest BCUT2D eigenvalue weighted by atomic mass is 10.2. The van der Waals surface area contributed by atoms with Gasteiger partial charge in [-0.1, -0.05) is 0 Å². The van der Waals surface area contributed by atoms with E-state index in [-0.39, 0.29) is 0 Å². The van der Waals surface area contributed by atoms with Gasteiger partial charge in [-0.3, -0.25) is 5.01 Å². The second-order valence-corrected chi connectivity index (χ2v) is 1.96. The fourth-order valence-corrected chi connectivity index (χ4v) is 0.769. The molecule has 0 aliphatic carbocycles. The Bertz CT molecular complexity index is 155. The zero-order valence-electron chi connectivity index (χ0n) is 5.11. The minimum Gasteiger partial charge on any atom is -0.480 e. The molecule has 1 heterocycles. The van der Waals surface area contributed by atoms with Gasteiger partial charge in [0.2, 0.25) is 0 Å². The van der Waals surface area contributed by atoms with Crippen LogP contribution in [0.1, 0.15) is 6.42 Å². The molecule has 0 saturated carbocycles. The van der Waals surface area contributed by atoms with Crippen molar-refractivity contribution in [1.29, 1.82) is 0 Å². The van der Waals surface area contributed by atoms with Crippen LogP contribution < -0.4 is 0 Å². The van der Waals surface area contributed by atoms with Crippen LogP contribution in [0, 0.1) is 0 Å². The molecular formula is C5H8N2O2. The molecule has 0 aromatic rings. The SMILES string of the molecule is CN1N=CC[C@H]1C(=O)O. The van der Waals surface area contributed by atoms with E-state index in [0.717, 1.165) is 0 Å². The van der Waals surface area contributed by atoms with Gasteiger partial charge in [0.25, 0.3) is 0 Å². The Morgan fingerprint density at radius 1 is 2.00 bits per heavy atom. The number of nitrogens with zero attached hydrogens (tertiary/aromatic N) is 2. The first-order valence-electron chi connectivity index (χ1n) is 2.70. The zero-order chi connectivity index (χ0) is 6.85. The average molecular weight is 128 g/mol. The largest absolute Gasteiger partial charge is 0.480 e. The van der Waals surface area contributed by atoms with Crippen molar-refractivity contribution in [2.24, 2.45) is 5.10 Å². The monoisotopic (exact) mass is 128 g/mol. The molecule has 4 heteroatoms. The smallest absolute Gasteiger partial charge is 0.328 e. The van der Waals surface area contributed by atoms with Gasteiger partial charge in [0.05, 0.1) is 0 Å². The van der Waals surface area contributed by atoms with Crippen LogP contribution in [0.25, 0.3) is 0 Å². The van der Waals surface area contributed by atoms with Crippen LogP contribution >= 0.6 is 0 Å². The predicted molar refractivity (Wildman–Crippen MR) is 32.3 cm³/mol. The summed E-state index contributed by atoms with van der Waals surface area (Å²) in [7, 11) is 1.66. The van der Waals surface area contributed by atoms with Gasteiger partial charge < -0.3 is 5.11 Å². The van der Waals surface area contributed by atoms with Gasteiger partial charge in [0.1, 0.15) is 6.04 Å². The number of hydrazone groups is 1. The molecule has 9 heavy (non-hydrogen) atoms. The van der Waals surface area contributed by atoms with Crippen LogP contribution in [0.5, 0.6) is 0 Å². The predicted octanol–water partition coefficient (Wildman–Crippen LogP) is -0.239. The minimum absolute atomic E-state index is 0.440. The van der Waals surface area contributed by atoms with Crippen LogP contribution in [0.15, 0.2) is 5.10 Å². The Morgan fingerprint density at radius 2 is 2.67 bits per heavy atom. The molecule has 0 fully saturated rings. The van der Waals surface area contributed by atoms with Crippen molar-refractivity contribution >= 4 is 12.2 Å². The van der Waals surface area contributed by atoms with E-state index in [2.05, 4.69) is 5.10 Å². The van der Waals surface area contributed by atoms with Gasteiger partial charge in [-0.25, -0.2) is 4.79 Å². The minimum atomic E-state index is -0.810. The Kier molecular flexibility index (Phi) is 1.38. The third-order valence-electron chi connectivity index (χ3n) is 1.33. The van der Waals surface area contributed by atoms with Crippen molar-refractivity contribution < 1.29 is 9.90 Å². The third-order valence-corrected chi connectivity index (χ3v) is 1.33. The maximum atomic E-state index is 10.3. The normalized spacial score (nSPS) is 25.0. The van der Waals surface area contributed by atoms with Gasteiger partial charge in [-0.2, -0.15) is 5.10 Å². The number of hydrogen-bond donors (Lipinski definition) is 1. The van der Waals surface area contributed by atoms with E-state index in [4.69, 9.17) is 5.11 Å². The number of likely N-dealkylation sites (N-methyl/N-ethyl adjacent to an activating group) is 1. The van der Waals surface area contributed by atoms with E-state index in [1.807, 2.05) is 0 Å². The lowest BCUT2D eigenvalue weighted by Gasteiger charge is -2.12. The van der Waals surface area contributed by atoms with Crippen molar-refractivity contribution in [3.63, 3.8) is 0 Å². The molecule has 50 valence electrons. The summed E-state index contributed by atoms with van der Waals surface area (Å²) in [5.74, 6) is -0.810. The number of carboxylic acid groups (broad SMARTS) is 1. The highest BCUT2D eigenvalue weighted by molar-refractivity contribution is 5.79. The lowest BCUT2D eigenvalue weighted by Crippen LogP contribution is -2.30. The molecular weight excluding hydrogens is 120 g/mol. The summed E-state index contributed by atoms with van der Waals surface area (Å²) in [6.07, 6.45) is 2.13. The summed E-state index contributed by atoms with van der Waals surface area (Å²) < 4.78 is 0. The van der Waals surface area contributed by atoms with Crippen molar-refractivity contribution in [2.45, 2.75) is 12.5 Å². The summed E-state index contributed by atoms with van der Waals surface area (Å²) in [4.78, 5) is 10.3. The van der Waals surface area contributed by atoms with E-state index in [1.165, 1.54) is 5.01 Å². The van der Waals surface area contributed by atoms with Gasteiger partial charge in [-0.05, 0) is 0 Å². The van der Waals surface area contributed by atoms with Crippen LogP contribution in [0.4, 0.5) is 0 Å². The molecule has 1 N–H and O–H groups in total. The molecule has 0 amide bonds. The van der Waals surface area contributed by atoms with E-state index in [1.54, 1.807) is 13.3 Å². The summed E-state index contributed by atoms with van der Waals surface area (Å²) in [5, 5.41) is 13.7. The molecule has 1 aliphatic heterocycles. The number of carboxylic acids is 1. The molecule has 1 rings (SSSR count). The molecule has 0 radical (unpaired) electrons. The van der Waals surface area contributed by atoms with Crippen molar-refractivity contribution in [3.8, 4) is 0 Å². The molecule has 0 spiro atoms. The number of rotatable bonds is 1. The highest BCUT2D eigenvalue weighted by atomic mass is 16.4. The maximum absolute atomic E-state index is 10.3. The van der Waals surface area contributed by atoms with Crippen LogP contribution in [-0.2, 0) is 4.79 Å². The molecule has 0 aromatic heterocycles. The zero-order valence-corrected chi connectivity index (χ0v) is 5.11. The molecule has 0 aromatic carbocycles. The molecule has 0 unspecified atom stereocenters. The molecule has 4 nitrogen and oxygen atoms in total. The Labute approximate surface area is 52.8 Å². The maximum Gasteiger partial charge on any atom is 0.328 e. The molecule has 1 aliphatic rings. The standard InChI is InChI=1S/C5H8N2O2/c1-7-4(5(8)9)2-3-6-7/h3-4H,2H2,1H3,(H,8,9)/t4-/m0/s1. The quantitative estimate of drug-likeness (QED) is 0.530. The van der Waals surface area contributed by atoms with Crippen LogP contribution in [0.3, 0.4) is 0 Å². The van der Waals surface area contributed by atoms with Gasteiger partial charge in [0, 0.05) is 19.7 Å². The highest BCUT2D eigenvalue weighted by Gasteiger charge is 2.23.